The number of esters is 1. The molecule has 0 fully saturated rings. The van der Waals surface area contributed by atoms with Crippen molar-refractivity contribution in [1.82, 2.24) is 14.8 Å². The minimum absolute atomic E-state index is 0.228. The van der Waals surface area contributed by atoms with Crippen LogP contribution in [0.3, 0.4) is 0 Å². The van der Waals surface area contributed by atoms with Gasteiger partial charge in [-0.15, -0.1) is 0 Å². The van der Waals surface area contributed by atoms with E-state index in [4.69, 9.17) is 9.47 Å². The highest BCUT2D eigenvalue weighted by molar-refractivity contribution is 6.04. The van der Waals surface area contributed by atoms with E-state index in [0.29, 0.717) is 22.9 Å². The third-order valence-electron chi connectivity index (χ3n) is 4.58. The first kappa shape index (κ1) is 22.8. The van der Waals surface area contributed by atoms with Crippen molar-refractivity contribution in [2.75, 3.05) is 26.1 Å². The number of anilines is 1. The van der Waals surface area contributed by atoms with Crippen LogP contribution in [0.1, 0.15) is 36.8 Å². The molecule has 9 heteroatoms. The zero-order chi connectivity index (χ0) is 23.3. The summed E-state index contributed by atoms with van der Waals surface area (Å²) < 4.78 is 16.9. The maximum Gasteiger partial charge on any atom is 0.343 e. The van der Waals surface area contributed by atoms with Gasteiger partial charge in [0.1, 0.15) is 5.82 Å². The van der Waals surface area contributed by atoms with E-state index in [1.165, 1.54) is 20.3 Å². The molecule has 1 N–H and O–H groups in total. The number of nitrogens with zero attached hydrogens (tertiary/aromatic N) is 3. The lowest BCUT2D eigenvalue weighted by atomic mass is 9.92. The molecule has 168 valence electrons. The van der Waals surface area contributed by atoms with E-state index in [1.54, 1.807) is 29.1 Å². The van der Waals surface area contributed by atoms with Gasteiger partial charge in [0.15, 0.2) is 23.9 Å². The Morgan fingerprint density at radius 2 is 1.84 bits per heavy atom. The molecular weight excluding hydrogens is 412 g/mol. The predicted octanol–water partition coefficient (Wildman–Crippen LogP) is 3.38. The molecule has 0 aliphatic carbocycles. The second-order valence-electron chi connectivity index (χ2n) is 7.95. The second kappa shape index (κ2) is 9.51. The molecular formula is C23H26N4O5. The lowest BCUT2D eigenvalue weighted by Gasteiger charge is -2.13. The van der Waals surface area contributed by atoms with E-state index in [1.807, 2.05) is 39.0 Å². The van der Waals surface area contributed by atoms with Gasteiger partial charge in [-0.1, -0.05) is 26.8 Å². The highest BCUT2D eigenvalue weighted by Crippen LogP contribution is 2.29. The SMILES string of the molecule is COC(=O)COc1cc(C(=O)Nc2cc(C(C)(C)C)nn2-c2ccccn2)ccc1OC. The molecule has 2 aromatic heterocycles. The topological polar surface area (TPSA) is 105 Å². The van der Waals surface area contributed by atoms with Crippen LogP contribution in [0.25, 0.3) is 5.82 Å². The van der Waals surface area contributed by atoms with E-state index >= 15 is 0 Å². The Hall–Kier alpha value is -3.88. The van der Waals surface area contributed by atoms with Crippen molar-refractivity contribution < 1.29 is 23.8 Å². The van der Waals surface area contributed by atoms with Crippen molar-refractivity contribution >= 4 is 17.7 Å². The third-order valence-corrected chi connectivity index (χ3v) is 4.58. The van der Waals surface area contributed by atoms with Crippen molar-refractivity contribution in [3.05, 3.63) is 59.9 Å². The minimum Gasteiger partial charge on any atom is -0.493 e. The van der Waals surface area contributed by atoms with Gasteiger partial charge >= 0.3 is 5.97 Å². The van der Waals surface area contributed by atoms with Crippen LogP contribution >= 0.6 is 0 Å². The molecule has 3 rings (SSSR count). The summed E-state index contributed by atoms with van der Waals surface area (Å²) in [4.78, 5) is 28.8. The smallest absolute Gasteiger partial charge is 0.343 e. The highest BCUT2D eigenvalue weighted by atomic mass is 16.6. The Morgan fingerprint density at radius 3 is 2.47 bits per heavy atom. The number of hydrogen-bond donors (Lipinski definition) is 1. The predicted molar refractivity (Wildman–Crippen MR) is 119 cm³/mol. The average molecular weight is 438 g/mol. The van der Waals surface area contributed by atoms with Crippen LogP contribution in [0.15, 0.2) is 48.7 Å². The van der Waals surface area contributed by atoms with Gasteiger partial charge in [0.2, 0.25) is 0 Å². The number of ether oxygens (including phenoxy) is 3. The maximum atomic E-state index is 13.0. The molecule has 0 atom stereocenters. The number of aromatic nitrogens is 3. The van der Waals surface area contributed by atoms with Crippen molar-refractivity contribution in [3.63, 3.8) is 0 Å². The van der Waals surface area contributed by atoms with E-state index < -0.39 is 5.97 Å². The van der Waals surface area contributed by atoms with Gasteiger partial charge in [0.25, 0.3) is 5.91 Å². The van der Waals surface area contributed by atoms with Gasteiger partial charge < -0.3 is 19.5 Å². The summed E-state index contributed by atoms with van der Waals surface area (Å²) in [5.41, 5.74) is 0.890. The van der Waals surface area contributed by atoms with Crippen molar-refractivity contribution in [2.24, 2.45) is 0 Å². The molecule has 0 saturated heterocycles. The van der Waals surface area contributed by atoms with Crippen LogP contribution in [-0.4, -0.2) is 47.5 Å². The van der Waals surface area contributed by atoms with Crippen molar-refractivity contribution in [3.8, 4) is 17.3 Å². The van der Waals surface area contributed by atoms with E-state index in [2.05, 4.69) is 20.1 Å². The minimum atomic E-state index is -0.545. The number of carbonyl (C=O) groups is 2. The molecule has 0 spiro atoms. The normalized spacial score (nSPS) is 11.0. The quantitative estimate of drug-likeness (QED) is 0.564. The van der Waals surface area contributed by atoms with Crippen LogP contribution in [0.4, 0.5) is 5.82 Å². The summed E-state index contributed by atoms with van der Waals surface area (Å²) in [5.74, 6) is 0.767. The molecule has 0 aliphatic rings. The molecule has 32 heavy (non-hydrogen) atoms. The van der Waals surface area contributed by atoms with Crippen LogP contribution < -0.4 is 14.8 Å². The van der Waals surface area contributed by atoms with E-state index in [0.717, 1.165) is 5.69 Å². The Morgan fingerprint density at radius 1 is 1.06 bits per heavy atom. The van der Waals surface area contributed by atoms with Crippen molar-refractivity contribution in [1.29, 1.82) is 0 Å². The number of methoxy groups -OCH3 is 2. The molecule has 0 aliphatic heterocycles. The van der Waals surface area contributed by atoms with Gasteiger partial charge in [0.05, 0.1) is 19.9 Å². The van der Waals surface area contributed by atoms with Crippen molar-refractivity contribution in [2.45, 2.75) is 26.2 Å². The summed E-state index contributed by atoms with van der Waals surface area (Å²) in [6.07, 6.45) is 1.66. The van der Waals surface area contributed by atoms with Gasteiger partial charge in [0, 0.05) is 23.2 Å². The number of rotatable bonds is 7. The largest absolute Gasteiger partial charge is 0.493 e. The number of carbonyl (C=O) groups excluding carboxylic acids is 2. The van der Waals surface area contributed by atoms with E-state index in [9.17, 15) is 9.59 Å². The zero-order valence-electron chi connectivity index (χ0n) is 18.7. The average Bonchev–Trinajstić information content (AvgIpc) is 3.22. The molecule has 2 heterocycles. The Bertz CT molecular complexity index is 1100. The number of nitrogens with one attached hydrogen (secondary N) is 1. The first-order chi connectivity index (χ1) is 15.2. The first-order valence-corrected chi connectivity index (χ1v) is 9.94. The molecule has 0 radical (unpaired) electrons. The number of benzene rings is 1. The molecule has 3 aromatic rings. The van der Waals surface area contributed by atoms with Gasteiger partial charge in [-0.25, -0.2) is 9.78 Å². The summed E-state index contributed by atoms with van der Waals surface area (Å²) in [5, 5.41) is 7.54. The zero-order valence-corrected chi connectivity index (χ0v) is 18.7. The lowest BCUT2D eigenvalue weighted by Crippen LogP contribution is -2.16. The van der Waals surface area contributed by atoms with Gasteiger partial charge in [-0.05, 0) is 30.3 Å². The molecule has 0 bridgehead atoms. The fourth-order valence-corrected chi connectivity index (χ4v) is 2.81. The summed E-state index contributed by atoms with van der Waals surface area (Å²) >= 11 is 0. The molecule has 0 unspecified atom stereocenters. The monoisotopic (exact) mass is 438 g/mol. The number of amides is 1. The van der Waals surface area contributed by atoms with Crippen LogP contribution in [-0.2, 0) is 14.9 Å². The highest BCUT2D eigenvalue weighted by Gasteiger charge is 2.22. The standard InChI is InChI=1S/C23H26N4O5/c1-23(2,3)18-13-20(27(26-18)19-8-6-7-11-24-19)25-22(29)15-9-10-16(30-4)17(12-15)32-14-21(28)31-5/h6-13H,14H2,1-5H3,(H,25,29). The van der Waals surface area contributed by atoms with Crippen LogP contribution in [0.5, 0.6) is 11.5 Å². The molecule has 0 saturated carbocycles. The fourth-order valence-electron chi connectivity index (χ4n) is 2.81. The Labute approximate surface area is 186 Å². The van der Waals surface area contributed by atoms with Gasteiger partial charge in [-0.3, -0.25) is 4.79 Å². The number of pyridine rings is 1. The van der Waals surface area contributed by atoms with E-state index in [-0.39, 0.29) is 23.7 Å². The lowest BCUT2D eigenvalue weighted by molar-refractivity contribution is -0.142. The molecule has 1 aromatic carbocycles. The maximum absolute atomic E-state index is 13.0. The van der Waals surface area contributed by atoms with Gasteiger partial charge in [-0.2, -0.15) is 9.78 Å². The van der Waals surface area contributed by atoms with Crippen LogP contribution in [0.2, 0.25) is 0 Å². The second-order valence-corrected chi connectivity index (χ2v) is 7.95. The summed E-state index contributed by atoms with van der Waals surface area (Å²) in [6.45, 7) is 5.81. The summed E-state index contributed by atoms with van der Waals surface area (Å²) in [6, 6.07) is 12.0. The Balaban J connectivity index is 1.91. The molecule has 1 amide bonds. The third kappa shape index (κ3) is 5.23. The molecule has 9 nitrogen and oxygen atoms in total. The Kier molecular flexibility index (Phi) is 6.77. The fraction of sp³-hybridized carbons (Fsp3) is 0.304. The summed E-state index contributed by atoms with van der Waals surface area (Å²) in [7, 11) is 2.74. The van der Waals surface area contributed by atoms with Crippen LogP contribution in [0, 0.1) is 0 Å². The number of hydrogen-bond acceptors (Lipinski definition) is 7. The first-order valence-electron chi connectivity index (χ1n) is 9.94.